The number of esters is 1. The monoisotopic (exact) mass is 319 g/mol. The van der Waals surface area contributed by atoms with Gasteiger partial charge in [0.1, 0.15) is 6.04 Å². The Hall–Kier alpha value is -1.37. The summed E-state index contributed by atoms with van der Waals surface area (Å²) in [5.74, 6) is -0.362. The Bertz CT molecular complexity index is 529. The summed E-state index contributed by atoms with van der Waals surface area (Å²) < 4.78 is 43.1. The number of anilines is 1. The summed E-state index contributed by atoms with van der Waals surface area (Å²) in [5.41, 5.74) is 2.11. The first-order valence-corrected chi connectivity index (χ1v) is 7.67. The van der Waals surface area contributed by atoms with Gasteiger partial charge in [-0.1, -0.05) is 6.07 Å². The summed E-state index contributed by atoms with van der Waals surface area (Å²) in [7, 11) is 1.31. The highest BCUT2D eigenvalue weighted by molar-refractivity contribution is 7.98. The van der Waals surface area contributed by atoms with Crippen molar-refractivity contribution in [2.45, 2.75) is 36.4 Å². The van der Waals surface area contributed by atoms with Crippen LogP contribution in [0.2, 0.25) is 0 Å². The molecule has 0 bridgehead atoms. The fourth-order valence-electron chi connectivity index (χ4n) is 2.39. The van der Waals surface area contributed by atoms with Gasteiger partial charge in [-0.3, -0.25) is 4.79 Å². The number of carbonyl (C=O) groups excluding carboxylic acids is 1. The molecule has 0 aromatic heterocycles. The molecule has 0 aliphatic carbocycles. The largest absolute Gasteiger partial charge is 0.469 e. The second-order valence-corrected chi connectivity index (χ2v) is 5.71. The first kappa shape index (κ1) is 16.0. The number of benzene rings is 1. The second-order valence-electron chi connectivity index (χ2n) is 4.86. The Morgan fingerprint density at radius 1 is 1.48 bits per heavy atom. The summed E-state index contributed by atoms with van der Waals surface area (Å²) in [6.07, 6.45) is -1.98. The van der Waals surface area contributed by atoms with Crippen LogP contribution in [0.15, 0.2) is 17.0 Å². The molecule has 1 atom stereocenters. The topological polar surface area (TPSA) is 38.3 Å². The first-order valence-electron chi connectivity index (χ1n) is 6.45. The first-order chi connectivity index (χ1) is 9.85. The maximum atomic E-state index is 12.8. The Morgan fingerprint density at radius 2 is 2.19 bits per heavy atom. The van der Waals surface area contributed by atoms with Crippen molar-refractivity contribution in [2.24, 2.45) is 0 Å². The van der Waals surface area contributed by atoms with Crippen LogP contribution in [0, 0.1) is 0 Å². The molecule has 1 N–H and O–H groups in total. The summed E-state index contributed by atoms with van der Waals surface area (Å²) in [5, 5.41) is 2.59. The van der Waals surface area contributed by atoms with E-state index in [0.29, 0.717) is 12.1 Å². The average molecular weight is 319 g/mol. The van der Waals surface area contributed by atoms with E-state index in [2.05, 4.69) is 10.1 Å². The molecule has 1 aromatic rings. The molecule has 7 heteroatoms. The van der Waals surface area contributed by atoms with Crippen LogP contribution < -0.4 is 5.32 Å². The van der Waals surface area contributed by atoms with Crippen LogP contribution in [0.25, 0.3) is 0 Å². The molecule has 0 saturated carbocycles. The highest BCUT2D eigenvalue weighted by Gasteiger charge is 2.41. The molecule has 1 aliphatic heterocycles. The molecule has 1 heterocycles. The fourth-order valence-corrected chi connectivity index (χ4v) is 3.05. The van der Waals surface area contributed by atoms with Crippen LogP contribution in [0.1, 0.15) is 17.5 Å². The van der Waals surface area contributed by atoms with E-state index in [4.69, 9.17) is 0 Å². The van der Waals surface area contributed by atoms with Crippen molar-refractivity contribution in [1.82, 2.24) is 0 Å². The Morgan fingerprint density at radius 3 is 2.76 bits per heavy atom. The maximum absolute atomic E-state index is 12.8. The fraction of sp³-hybridized carbons (Fsp3) is 0.500. The van der Waals surface area contributed by atoms with Crippen molar-refractivity contribution in [1.29, 1.82) is 0 Å². The zero-order valence-electron chi connectivity index (χ0n) is 11.7. The average Bonchev–Trinajstić information content (AvgIpc) is 2.44. The van der Waals surface area contributed by atoms with E-state index in [9.17, 15) is 18.0 Å². The molecule has 1 aromatic carbocycles. The standard InChI is InChI=1S/C14H16F3NO2S/c1-20-12(19)7-8-5-9-3-4-11(14(15,16)17)18-13(9)10(6-8)21-2/h5-6,11,18H,3-4,7H2,1-2H3. The van der Waals surface area contributed by atoms with Gasteiger partial charge in [0.25, 0.3) is 0 Å². The number of hydrogen-bond donors (Lipinski definition) is 1. The lowest BCUT2D eigenvalue weighted by molar-refractivity contribution is -0.144. The molecule has 0 spiro atoms. The lowest BCUT2D eigenvalue weighted by Crippen LogP contribution is -2.39. The van der Waals surface area contributed by atoms with E-state index in [-0.39, 0.29) is 18.8 Å². The molecule has 0 amide bonds. The number of methoxy groups -OCH3 is 1. The highest BCUT2D eigenvalue weighted by atomic mass is 32.2. The number of alkyl halides is 3. The third-order valence-corrected chi connectivity index (χ3v) is 4.22. The maximum Gasteiger partial charge on any atom is 0.408 e. The molecule has 116 valence electrons. The van der Waals surface area contributed by atoms with E-state index >= 15 is 0 Å². The van der Waals surface area contributed by atoms with Crippen LogP contribution >= 0.6 is 11.8 Å². The molecule has 3 nitrogen and oxygen atoms in total. The van der Waals surface area contributed by atoms with Gasteiger partial charge >= 0.3 is 12.1 Å². The minimum Gasteiger partial charge on any atom is -0.469 e. The predicted molar refractivity (Wildman–Crippen MR) is 75.7 cm³/mol. The van der Waals surface area contributed by atoms with Gasteiger partial charge in [-0.15, -0.1) is 11.8 Å². The number of thioether (sulfide) groups is 1. The minimum atomic E-state index is -4.25. The van der Waals surface area contributed by atoms with Gasteiger partial charge in [0.05, 0.1) is 19.2 Å². The quantitative estimate of drug-likeness (QED) is 0.684. The number of fused-ring (bicyclic) bond motifs is 1. The van der Waals surface area contributed by atoms with Crippen molar-refractivity contribution in [3.8, 4) is 0 Å². The molecule has 0 radical (unpaired) electrons. The highest BCUT2D eigenvalue weighted by Crippen LogP contribution is 2.39. The number of hydrogen-bond acceptors (Lipinski definition) is 4. The van der Waals surface area contributed by atoms with Crippen molar-refractivity contribution in [3.05, 3.63) is 23.3 Å². The number of ether oxygens (including phenoxy) is 1. The van der Waals surface area contributed by atoms with E-state index in [1.54, 1.807) is 18.4 Å². The molecular formula is C14H16F3NO2S. The molecular weight excluding hydrogens is 303 g/mol. The molecule has 2 rings (SSSR count). The van der Waals surface area contributed by atoms with Gasteiger partial charge in [-0.05, 0) is 36.3 Å². The van der Waals surface area contributed by atoms with Crippen LogP contribution in [0.3, 0.4) is 0 Å². The molecule has 0 saturated heterocycles. The van der Waals surface area contributed by atoms with Crippen molar-refractivity contribution < 1.29 is 22.7 Å². The van der Waals surface area contributed by atoms with E-state index < -0.39 is 12.2 Å². The number of halogens is 3. The van der Waals surface area contributed by atoms with Gasteiger partial charge < -0.3 is 10.1 Å². The Balaban J connectivity index is 2.31. The number of nitrogens with one attached hydrogen (secondary N) is 1. The number of aryl methyl sites for hydroxylation is 1. The Labute approximate surface area is 125 Å². The molecule has 21 heavy (non-hydrogen) atoms. The van der Waals surface area contributed by atoms with E-state index in [1.165, 1.54) is 18.9 Å². The molecule has 1 aliphatic rings. The molecule has 0 fully saturated rings. The van der Waals surface area contributed by atoms with E-state index in [0.717, 1.165) is 16.0 Å². The number of rotatable bonds is 3. The van der Waals surface area contributed by atoms with Gasteiger partial charge in [0.15, 0.2) is 0 Å². The summed E-state index contributed by atoms with van der Waals surface area (Å²) >= 11 is 1.36. The number of carbonyl (C=O) groups is 1. The third kappa shape index (κ3) is 3.64. The van der Waals surface area contributed by atoms with Gasteiger partial charge in [0.2, 0.25) is 0 Å². The molecule has 1 unspecified atom stereocenters. The van der Waals surface area contributed by atoms with Crippen LogP contribution in [0.5, 0.6) is 0 Å². The van der Waals surface area contributed by atoms with Crippen molar-refractivity contribution in [2.75, 3.05) is 18.7 Å². The normalized spacial score (nSPS) is 17.9. The van der Waals surface area contributed by atoms with Crippen LogP contribution in [-0.4, -0.2) is 31.6 Å². The zero-order chi connectivity index (χ0) is 15.6. The lowest BCUT2D eigenvalue weighted by atomic mass is 9.95. The summed E-state index contributed by atoms with van der Waals surface area (Å²) in [4.78, 5) is 12.1. The van der Waals surface area contributed by atoms with Crippen LogP contribution in [-0.2, 0) is 22.4 Å². The van der Waals surface area contributed by atoms with Gasteiger partial charge in [-0.2, -0.15) is 13.2 Å². The summed E-state index contributed by atoms with van der Waals surface area (Å²) in [6, 6.07) is 2.01. The zero-order valence-corrected chi connectivity index (χ0v) is 12.5. The van der Waals surface area contributed by atoms with Crippen molar-refractivity contribution in [3.63, 3.8) is 0 Å². The minimum absolute atomic E-state index is 0.00595. The lowest BCUT2D eigenvalue weighted by Gasteiger charge is -2.30. The Kier molecular flexibility index (Phi) is 4.70. The van der Waals surface area contributed by atoms with Gasteiger partial charge in [-0.25, -0.2) is 0 Å². The van der Waals surface area contributed by atoms with Crippen molar-refractivity contribution >= 4 is 23.4 Å². The van der Waals surface area contributed by atoms with Gasteiger partial charge in [0, 0.05) is 4.90 Å². The SMILES string of the molecule is COC(=O)Cc1cc2c(c(SC)c1)NC(C(F)(F)F)CC2. The summed E-state index contributed by atoms with van der Waals surface area (Å²) in [6.45, 7) is 0. The van der Waals surface area contributed by atoms with E-state index in [1.807, 2.05) is 0 Å². The third-order valence-electron chi connectivity index (χ3n) is 3.46. The second kappa shape index (κ2) is 6.17. The smallest absolute Gasteiger partial charge is 0.408 e. The predicted octanol–water partition coefficient (Wildman–Crippen LogP) is 3.41. The van der Waals surface area contributed by atoms with Crippen LogP contribution in [0.4, 0.5) is 18.9 Å².